The molecule has 5 rings (SSSR count). The second-order valence-corrected chi connectivity index (χ2v) is 9.93. The van der Waals surface area contributed by atoms with Crippen LogP contribution in [0.25, 0.3) is 11.1 Å². The highest BCUT2D eigenvalue weighted by atomic mass is 19.4. The molecule has 2 aromatic carbocycles. The number of hydrogen-bond acceptors (Lipinski definition) is 4. The summed E-state index contributed by atoms with van der Waals surface area (Å²) in [4.78, 5) is 6.79. The van der Waals surface area contributed by atoms with Crippen molar-refractivity contribution in [3.8, 4) is 11.1 Å². The molecule has 4 nitrogen and oxygen atoms in total. The van der Waals surface area contributed by atoms with Gasteiger partial charge in [-0.2, -0.15) is 13.2 Å². The first-order valence-electron chi connectivity index (χ1n) is 12.9. The molecule has 2 fully saturated rings. The molecule has 1 aromatic heterocycles. The third-order valence-electron chi connectivity index (χ3n) is 7.40. The van der Waals surface area contributed by atoms with Crippen molar-refractivity contribution in [1.29, 1.82) is 0 Å². The lowest BCUT2D eigenvalue weighted by atomic mass is 9.89. The minimum Gasteiger partial charge on any atom is -0.370 e. The molecule has 7 heteroatoms. The van der Waals surface area contributed by atoms with Crippen LogP contribution in [0.1, 0.15) is 44.1 Å². The predicted octanol–water partition coefficient (Wildman–Crippen LogP) is 6.75. The fourth-order valence-corrected chi connectivity index (χ4v) is 5.52. The van der Waals surface area contributed by atoms with Crippen molar-refractivity contribution in [2.75, 3.05) is 23.3 Å². The quantitative estimate of drug-likeness (QED) is 0.398. The summed E-state index contributed by atoms with van der Waals surface area (Å²) in [6, 6.07) is 21.0. The van der Waals surface area contributed by atoms with E-state index in [-0.39, 0.29) is 0 Å². The van der Waals surface area contributed by atoms with E-state index in [0.29, 0.717) is 18.1 Å². The van der Waals surface area contributed by atoms with Crippen molar-refractivity contribution in [3.63, 3.8) is 0 Å². The summed E-state index contributed by atoms with van der Waals surface area (Å²) < 4.78 is 38.9. The van der Waals surface area contributed by atoms with Crippen molar-refractivity contribution >= 4 is 11.5 Å². The Kier molecular flexibility index (Phi) is 7.46. The smallest absolute Gasteiger partial charge is 0.370 e. The van der Waals surface area contributed by atoms with Crippen LogP contribution < -0.4 is 15.5 Å². The van der Waals surface area contributed by atoms with Gasteiger partial charge in [0.2, 0.25) is 0 Å². The van der Waals surface area contributed by atoms with Gasteiger partial charge in [0.25, 0.3) is 0 Å². The molecule has 1 aliphatic carbocycles. The molecule has 0 amide bonds. The molecule has 36 heavy (non-hydrogen) atoms. The number of benzene rings is 2. The van der Waals surface area contributed by atoms with Crippen LogP contribution in [-0.2, 0) is 6.18 Å². The molecular weight excluding hydrogens is 461 g/mol. The number of pyridine rings is 1. The number of aromatic nitrogens is 1. The summed E-state index contributed by atoms with van der Waals surface area (Å²) in [5, 5.41) is 7.60. The summed E-state index contributed by atoms with van der Waals surface area (Å²) in [7, 11) is 0. The van der Waals surface area contributed by atoms with Crippen LogP contribution >= 0.6 is 0 Å². The topological polar surface area (TPSA) is 40.2 Å². The number of rotatable bonds is 6. The Morgan fingerprint density at radius 2 is 1.56 bits per heavy atom. The van der Waals surface area contributed by atoms with Crippen LogP contribution in [0.4, 0.5) is 24.7 Å². The molecule has 0 radical (unpaired) electrons. The SMILES string of the molecule is FC(F)(F)c1ccc(N2CCCC(N[C@@H]3CCCC[C@H]3Nc3cc(-c4ccccc4)ccn3)C2)cc1. The Morgan fingerprint density at radius 3 is 2.31 bits per heavy atom. The maximum atomic E-state index is 13.0. The third-order valence-corrected chi connectivity index (χ3v) is 7.40. The van der Waals surface area contributed by atoms with Gasteiger partial charge in [-0.15, -0.1) is 0 Å². The summed E-state index contributed by atoms with van der Waals surface area (Å²) in [5.74, 6) is 0.894. The normalized spacial score (nSPS) is 22.9. The van der Waals surface area contributed by atoms with E-state index in [4.69, 9.17) is 0 Å². The molecule has 1 aliphatic heterocycles. The monoisotopic (exact) mass is 494 g/mol. The van der Waals surface area contributed by atoms with E-state index in [1.807, 2.05) is 30.5 Å². The molecule has 1 saturated carbocycles. The van der Waals surface area contributed by atoms with E-state index in [1.54, 1.807) is 12.1 Å². The summed E-state index contributed by atoms with van der Waals surface area (Å²) in [6.07, 6.45) is 4.23. The summed E-state index contributed by atoms with van der Waals surface area (Å²) >= 11 is 0. The third kappa shape index (κ3) is 6.01. The van der Waals surface area contributed by atoms with Gasteiger partial charge in [-0.1, -0.05) is 43.2 Å². The number of nitrogens with zero attached hydrogens (tertiary/aromatic N) is 2. The molecular formula is C29H33F3N4. The lowest BCUT2D eigenvalue weighted by Gasteiger charge is -2.40. The Labute approximate surface area is 210 Å². The molecule has 3 aromatic rings. The average Bonchev–Trinajstić information content (AvgIpc) is 2.90. The van der Waals surface area contributed by atoms with Crippen LogP contribution in [-0.4, -0.2) is 36.2 Å². The van der Waals surface area contributed by atoms with Gasteiger partial charge in [-0.3, -0.25) is 0 Å². The highest BCUT2D eigenvalue weighted by Crippen LogP contribution is 2.31. The highest BCUT2D eigenvalue weighted by Gasteiger charge is 2.31. The van der Waals surface area contributed by atoms with Gasteiger partial charge in [-0.25, -0.2) is 4.98 Å². The van der Waals surface area contributed by atoms with Gasteiger partial charge in [0, 0.05) is 43.1 Å². The van der Waals surface area contributed by atoms with Crippen molar-refractivity contribution < 1.29 is 13.2 Å². The first kappa shape index (κ1) is 24.6. The zero-order valence-corrected chi connectivity index (χ0v) is 20.3. The van der Waals surface area contributed by atoms with E-state index in [2.05, 4.69) is 38.7 Å². The standard InChI is InChI=1S/C29H33F3N4/c30-29(31,32)23-12-14-25(15-13-23)36-18-6-9-24(20-36)34-26-10-4-5-11-27(26)35-28-19-22(16-17-33-28)21-7-2-1-3-8-21/h1-3,7-8,12-17,19,24,26-27,34H,4-6,9-11,18,20H2,(H,33,35)/t24?,26-,27-/m1/s1. The van der Waals surface area contributed by atoms with Crippen molar-refractivity contribution in [2.24, 2.45) is 0 Å². The van der Waals surface area contributed by atoms with Gasteiger partial charge in [-0.05, 0) is 73.2 Å². The fourth-order valence-electron chi connectivity index (χ4n) is 5.52. The minimum atomic E-state index is -4.30. The number of nitrogens with one attached hydrogen (secondary N) is 2. The van der Waals surface area contributed by atoms with E-state index >= 15 is 0 Å². The summed E-state index contributed by atoms with van der Waals surface area (Å²) in [6.45, 7) is 1.67. The molecule has 1 unspecified atom stereocenters. The van der Waals surface area contributed by atoms with E-state index < -0.39 is 11.7 Å². The van der Waals surface area contributed by atoms with Crippen LogP contribution in [0, 0.1) is 0 Å². The maximum Gasteiger partial charge on any atom is 0.416 e. The highest BCUT2D eigenvalue weighted by molar-refractivity contribution is 5.66. The van der Waals surface area contributed by atoms with E-state index in [9.17, 15) is 13.2 Å². The first-order valence-corrected chi connectivity index (χ1v) is 12.9. The summed E-state index contributed by atoms with van der Waals surface area (Å²) in [5.41, 5.74) is 2.58. The molecule has 0 spiro atoms. The zero-order valence-electron chi connectivity index (χ0n) is 20.3. The first-order chi connectivity index (χ1) is 17.5. The number of anilines is 2. The Bertz CT molecular complexity index is 1120. The number of alkyl halides is 3. The Morgan fingerprint density at radius 1 is 0.806 bits per heavy atom. The number of piperidine rings is 1. The maximum absolute atomic E-state index is 13.0. The number of hydrogen-bond donors (Lipinski definition) is 2. The molecule has 0 bridgehead atoms. The molecule has 1 saturated heterocycles. The second kappa shape index (κ2) is 10.9. The predicted molar refractivity (Wildman–Crippen MR) is 139 cm³/mol. The Hall–Kier alpha value is -3.06. The van der Waals surface area contributed by atoms with Crippen LogP contribution in [0.5, 0.6) is 0 Å². The largest absolute Gasteiger partial charge is 0.416 e. The van der Waals surface area contributed by atoms with Gasteiger partial charge < -0.3 is 15.5 Å². The molecule has 2 aliphatic rings. The molecule has 2 heterocycles. The lowest BCUT2D eigenvalue weighted by molar-refractivity contribution is -0.137. The van der Waals surface area contributed by atoms with Crippen LogP contribution in [0.3, 0.4) is 0 Å². The lowest BCUT2D eigenvalue weighted by Crippen LogP contribution is -2.55. The average molecular weight is 495 g/mol. The number of halogens is 3. The van der Waals surface area contributed by atoms with E-state index in [1.165, 1.54) is 30.5 Å². The molecule has 190 valence electrons. The van der Waals surface area contributed by atoms with Crippen LogP contribution in [0.15, 0.2) is 72.9 Å². The minimum absolute atomic E-state index is 0.290. The van der Waals surface area contributed by atoms with Crippen molar-refractivity contribution in [1.82, 2.24) is 10.3 Å². The van der Waals surface area contributed by atoms with Crippen molar-refractivity contribution in [2.45, 2.75) is 62.8 Å². The fraction of sp³-hybridized carbons (Fsp3) is 0.414. The molecule has 2 N–H and O–H groups in total. The zero-order chi connectivity index (χ0) is 25.0. The van der Waals surface area contributed by atoms with Gasteiger partial charge in [0.05, 0.1) is 5.56 Å². The van der Waals surface area contributed by atoms with Crippen molar-refractivity contribution in [3.05, 3.63) is 78.5 Å². The van der Waals surface area contributed by atoms with E-state index in [0.717, 1.165) is 55.8 Å². The van der Waals surface area contributed by atoms with Gasteiger partial charge >= 0.3 is 6.18 Å². The second-order valence-electron chi connectivity index (χ2n) is 9.93. The molecule has 3 atom stereocenters. The van der Waals surface area contributed by atoms with Crippen LogP contribution in [0.2, 0.25) is 0 Å². The van der Waals surface area contributed by atoms with Gasteiger partial charge in [0.1, 0.15) is 5.82 Å². The van der Waals surface area contributed by atoms with Gasteiger partial charge in [0.15, 0.2) is 0 Å². The Balaban J connectivity index is 1.23.